The fourth-order valence-electron chi connectivity index (χ4n) is 3.42. The zero-order chi connectivity index (χ0) is 19.1. The third-order valence-electron chi connectivity index (χ3n) is 4.67. The molecule has 7 heteroatoms. The zero-order valence-corrected chi connectivity index (χ0v) is 15.9. The minimum Gasteiger partial charge on any atom is -0.450 e. The summed E-state index contributed by atoms with van der Waals surface area (Å²) in [5.74, 6) is -0.285. The number of benzene rings is 2. The number of amides is 1. The van der Waals surface area contributed by atoms with Crippen molar-refractivity contribution in [2.75, 3.05) is 20.3 Å². The number of halogens is 2. The number of fused-ring (bicyclic) bond motifs is 2. The number of methoxy groups -OCH3 is 1. The number of ether oxygens (including phenoxy) is 1. The number of rotatable bonds is 4. The molecule has 0 N–H and O–H groups in total. The predicted molar refractivity (Wildman–Crippen MR) is 104 cm³/mol. The SMILES string of the molecule is COCCN1C(=O)c2oc3ccccc3c(=O)c2[C@H]1c1ccc(Cl)c(Cl)c1. The van der Waals surface area contributed by atoms with Crippen molar-refractivity contribution >= 4 is 40.1 Å². The smallest absolute Gasteiger partial charge is 0.290 e. The minimum absolute atomic E-state index is 0.0610. The summed E-state index contributed by atoms with van der Waals surface area (Å²) in [7, 11) is 1.56. The largest absolute Gasteiger partial charge is 0.450 e. The second kappa shape index (κ2) is 7.00. The molecule has 0 fully saturated rings. The Morgan fingerprint density at radius 3 is 2.63 bits per heavy atom. The molecular formula is C20H15Cl2NO4. The average molecular weight is 404 g/mol. The molecule has 0 radical (unpaired) electrons. The molecular weight excluding hydrogens is 389 g/mol. The maximum Gasteiger partial charge on any atom is 0.290 e. The molecule has 0 spiro atoms. The Morgan fingerprint density at radius 2 is 1.89 bits per heavy atom. The molecule has 0 bridgehead atoms. The lowest BCUT2D eigenvalue weighted by atomic mass is 9.98. The van der Waals surface area contributed by atoms with Crippen molar-refractivity contribution in [3.8, 4) is 0 Å². The van der Waals surface area contributed by atoms with E-state index in [1.807, 2.05) is 0 Å². The van der Waals surface area contributed by atoms with Gasteiger partial charge in [0.05, 0.1) is 33.6 Å². The molecule has 2 aromatic carbocycles. The van der Waals surface area contributed by atoms with Gasteiger partial charge in [-0.1, -0.05) is 41.4 Å². The first-order valence-electron chi connectivity index (χ1n) is 8.33. The van der Waals surface area contributed by atoms with Crippen LogP contribution in [0, 0.1) is 0 Å². The molecule has 0 aliphatic carbocycles. The summed E-state index contributed by atoms with van der Waals surface area (Å²) in [4.78, 5) is 27.8. The summed E-state index contributed by atoms with van der Waals surface area (Å²) in [6.07, 6.45) is 0. The lowest BCUT2D eigenvalue weighted by Gasteiger charge is -2.25. The molecule has 2 heterocycles. The summed E-state index contributed by atoms with van der Waals surface area (Å²) in [6.45, 7) is 0.630. The van der Waals surface area contributed by atoms with Crippen LogP contribution in [0.4, 0.5) is 0 Å². The van der Waals surface area contributed by atoms with Crippen molar-refractivity contribution in [3.63, 3.8) is 0 Å². The first-order chi connectivity index (χ1) is 13.0. The normalized spacial score (nSPS) is 16.2. The van der Waals surface area contributed by atoms with Crippen LogP contribution in [-0.2, 0) is 4.74 Å². The fourth-order valence-corrected chi connectivity index (χ4v) is 3.72. The maximum absolute atomic E-state index is 13.2. The van der Waals surface area contributed by atoms with Crippen molar-refractivity contribution in [3.05, 3.63) is 79.6 Å². The highest BCUT2D eigenvalue weighted by molar-refractivity contribution is 6.42. The monoisotopic (exact) mass is 403 g/mol. The molecule has 5 nitrogen and oxygen atoms in total. The van der Waals surface area contributed by atoms with E-state index in [0.717, 1.165) is 0 Å². The van der Waals surface area contributed by atoms with Crippen LogP contribution in [0.1, 0.15) is 27.7 Å². The predicted octanol–water partition coefficient (Wildman–Crippen LogP) is 4.29. The molecule has 0 saturated heterocycles. The van der Waals surface area contributed by atoms with Crippen LogP contribution < -0.4 is 5.43 Å². The van der Waals surface area contributed by atoms with E-state index in [0.29, 0.717) is 45.3 Å². The Kier molecular flexibility index (Phi) is 4.68. The van der Waals surface area contributed by atoms with Gasteiger partial charge in [0.2, 0.25) is 5.76 Å². The highest BCUT2D eigenvalue weighted by Gasteiger charge is 2.42. The first-order valence-corrected chi connectivity index (χ1v) is 9.09. The summed E-state index contributed by atoms with van der Waals surface area (Å²) >= 11 is 12.2. The van der Waals surface area contributed by atoms with Crippen LogP contribution in [-0.4, -0.2) is 31.1 Å². The molecule has 27 heavy (non-hydrogen) atoms. The van der Waals surface area contributed by atoms with Crippen LogP contribution in [0.3, 0.4) is 0 Å². The van der Waals surface area contributed by atoms with Crippen LogP contribution >= 0.6 is 23.2 Å². The van der Waals surface area contributed by atoms with Crippen molar-refractivity contribution in [1.82, 2.24) is 4.90 Å². The van der Waals surface area contributed by atoms with E-state index in [2.05, 4.69) is 0 Å². The van der Waals surface area contributed by atoms with Gasteiger partial charge in [-0.2, -0.15) is 0 Å². The zero-order valence-electron chi connectivity index (χ0n) is 14.4. The fraction of sp³-hybridized carbons (Fsp3) is 0.200. The van der Waals surface area contributed by atoms with Gasteiger partial charge < -0.3 is 14.1 Å². The van der Waals surface area contributed by atoms with Gasteiger partial charge in [0.1, 0.15) is 5.58 Å². The molecule has 3 aromatic rings. The summed E-state index contributed by atoms with van der Waals surface area (Å²) < 4.78 is 11.0. The van der Waals surface area contributed by atoms with Crippen LogP contribution in [0.15, 0.2) is 51.7 Å². The van der Waals surface area contributed by atoms with Crippen LogP contribution in [0.5, 0.6) is 0 Å². The van der Waals surface area contributed by atoms with E-state index in [-0.39, 0.29) is 17.1 Å². The molecule has 0 saturated carbocycles. The molecule has 1 atom stereocenters. The molecule has 1 aliphatic heterocycles. The second-order valence-corrected chi connectivity index (χ2v) is 7.05. The number of carbonyl (C=O) groups is 1. The Hall–Kier alpha value is -2.34. The van der Waals surface area contributed by atoms with E-state index >= 15 is 0 Å². The maximum atomic E-state index is 13.2. The first kappa shape index (κ1) is 18.0. The van der Waals surface area contributed by atoms with Crippen molar-refractivity contribution < 1.29 is 13.9 Å². The standard InChI is InChI=1S/C20H15Cl2NO4/c1-26-9-8-23-17(11-6-7-13(21)14(22)10-11)16-18(24)12-4-2-3-5-15(12)27-19(16)20(23)25/h2-7,10,17H,8-9H2,1H3/t17-/m1/s1. The third kappa shape index (κ3) is 2.92. The van der Waals surface area contributed by atoms with Gasteiger partial charge in [-0.15, -0.1) is 0 Å². The summed E-state index contributed by atoms with van der Waals surface area (Å²) in [5, 5.41) is 1.19. The third-order valence-corrected chi connectivity index (χ3v) is 5.41. The van der Waals surface area contributed by atoms with Gasteiger partial charge in [0, 0.05) is 13.7 Å². The van der Waals surface area contributed by atoms with Crippen LogP contribution in [0.25, 0.3) is 11.0 Å². The van der Waals surface area contributed by atoms with Crippen molar-refractivity contribution in [2.24, 2.45) is 0 Å². The molecule has 0 unspecified atom stereocenters. The van der Waals surface area contributed by atoms with Crippen molar-refractivity contribution in [2.45, 2.75) is 6.04 Å². The minimum atomic E-state index is -0.613. The Morgan fingerprint density at radius 1 is 1.11 bits per heavy atom. The van der Waals surface area contributed by atoms with E-state index in [4.69, 9.17) is 32.4 Å². The van der Waals surface area contributed by atoms with Gasteiger partial charge >= 0.3 is 0 Å². The molecule has 1 aromatic heterocycles. The lowest BCUT2D eigenvalue weighted by Crippen LogP contribution is -2.32. The topological polar surface area (TPSA) is 59.8 Å². The van der Waals surface area contributed by atoms with Crippen LogP contribution in [0.2, 0.25) is 10.0 Å². The molecule has 1 amide bonds. The molecule has 4 rings (SSSR count). The van der Waals surface area contributed by atoms with Gasteiger partial charge in [0.25, 0.3) is 5.91 Å². The quantitative estimate of drug-likeness (QED) is 0.651. The highest BCUT2D eigenvalue weighted by atomic mass is 35.5. The Bertz CT molecular complexity index is 1110. The van der Waals surface area contributed by atoms with E-state index in [1.165, 1.54) is 0 Å². The number of hydrogen-bond acceptors (Lipinski definition) is 4. The van der Waals surface area contributed by atoms with Gasteiger partial charge in [-0.3, -0.25) is 9.59 Å². The van der Waals surface area contributed by atoms with Gasteiger partial charge in [-0.05, 0) is 29.8 Å². The number of para-hydroxylation sites is 1. The van der Waals surface area contributed by atoms with Crippen molar-refractivity contribution in [1.29, 1.82) is 0 Å². The lowest BCUT2D eigenvalue weighted by molar-refractivity contribution is 0.0663. The van der Waals surface area contributed by atoms with E-state index in [9.17, 15) is 9.59 Å². The molecule has 138 valence electrons. The van der Waals surface area contributed by atoms with E-state index < -0.39 is 6.04 Å². The number of hydrogen-bond donors (Lipinski definition) is 0. The second-order valence-electron chi connectivity index (χ2n) is 6.24. The average Bonchev–Trinajstić information content (AvgIpc) is 2.95. The number of nitrogens with zero attached hydrogens (tertiary/aromatic N) is 1. The Balaban J connectivity index is 1.97. The summed E-state index contributed by atoms with van der Waals surface area (Å²) in [5.41, 5.74) is 1.16. The molecule has 1 aliphatic rings. The number of carbonyl (C=O) groups excluding carboxylic acids is 1. The van der Waals surface area contributed by atoms with E-state index in [1.54, 1.807) is 54.5 Å². The Labute approximate surface area is 165 Å². The van der Waals surface area contributed by atoms with Gasteiger partial charge in [0.15, 0.2) is 5.43 Å². The highest BCUT2D eigenvalue weighted by Crippen LogP contribution is 2.39. The van der Waals surface area contributed by atoms with Gasteiger partial charge in [-0.25, -0.2) is 0 Å². The summed E-state index contributed by atoms with van der Waals surface area (Å²) in [6, 6.07) is 11.4.